The van der Waals surface area contributed by atoms with E-state index >= 15 is 0 Å². The molecule has 0 N–H and O–H groups in total. The van der Waals surface area contributed by atoms with Gasteiger partial charge >= 0.3 is 5.97 Å². The Morgan fingerprint density at radius 1 is 1.05 bits per heavy atom. The molecule has 0 aromatic rings. The zero-order chi connectivity index (χ0) is 15.5. The molecule has 4 nitrogen and oxygen atoms in total. The summed E-state index contributed by atoms with van der Waals surface area (Å²) in [6.07, 6.45) is 6.48. The molecule has 0 spiro atoms. The Kier molecular flexibility index (Phi) is 5.67. The summed E-state index contributed by atoms with van der Waals surface area (Å²) in [6.45, 7) is 12.3. The van der Waals surface area contributed by atoms with E-state index in [4.69, 9.17) is 4.74 Å². The molecule has 4 heteroatoms. The van der Waals surface area contributed by atoms with E-state index in [0.29, 0.717) is 0 Å². The molecule has 2 aliphatic heterocycles. The molecule has 0 radical (unpaired) electrons. The van der Waals surface area contributed by atoms with Gasteiger partial charge in [-0.2, -0.15) is 0 Å². The van der Waals surface area contributed by atoms with Gasteiger partial charge in [0.2, 0.25) is 0 Å². The molecule has 0 aromatic carbocycles. The molecule has 2 rings (SSSR count). The van der Waals surface area contributed by atoms with Gasteiger partial charge in [0.15, 0.2) is 0 Å². The first kappa shape index (κ1) is 16.8. The summed E-state index contributed by atoms with van der Waals surface area (Å²) in [6, 6.07) is 0.610. The van der Waals surface area contributed by atoms with Crippen molar-refractivity contribution in [1.82, 2.24) is 9.80 Å². The zero-order valence-corrected chi connectivity index (χ0v) is 14.2. The molecule has 2 heterocycles. The van der Waals surface area contributed by atoms with Crippen molar-refractivity contribution in [3.63, 3.8) is 0 Å². The molecule has 122 valence electrons. The summed E-state index contributed by atoms with van der Waals surface area (Å²) in [5.74, 6) is -0.0843. The van der Waals surface area contributed by atoms with Crippen molar-refractivity contribution >= 4 is 5.97 Å². The van der Waals surface area contributed by atoms with Crippen LogP contribution in [0, 0.1) is 0 Å². The Morgan fingerprint density at radius 2 is 1.62 bits per heavy atom. The van der Waals surface area contributed by atoms with Gasteiger partial charge in [0, 0.05) is 19.1 Å². The molecule has 0 bridgehead atoms. The van der Waals surface area contributed by atoms with E-state index in [1.165, 1.54) is 45.2 Å². The first-order valence-electron chi connectivity index (χ1n) is 8.58. The zero-order valence-electron chi connectivity index (χ0n) is 14.2. The summed E-state index contributed by atoms with van der Waals surface area (Å²) in [7, 11) is 0. The molecular formula is C17H32N2O2. The fraction of sp³-hybridized carbons (Fsp3) is 0.941. The smallest absolute Gasteiger partial charge is 0.323 e. The molecule has 0 amide bonds. The number of carbonyl (C=O) groups is 1. The Hall–Kier alpha value is -0.610. The molecule has 0 saturated carbocycles. The highest BCUT2D eigenvalue weighted by Crippen LogP contribution is 2.22. The van der Waals surface area contributed by atoms with Gasteiger partial charge in [0.05, 0.1) is 0 Å². The first-order chi connectivity index (χ1) is 9.87. The minimum absolute atomic E-state index is 0.0843. The number of hydrogen-bond acceptors (Lipinski definition) is 4. The number of hydrogen-bond donors (Lipinski definition) is 0. The van der Waals surface area contributed by atoms with Crippen molar-refractivity contribution in [2.75, 3.05) is 26.2 Å². The van der Waals surface area contributed by atoms with Crippen molar-refractivity contribution in [1.29, 1.82) is 0 Å². The SMILES string of the molecule is CC(C(=O)OC(C)(C)C)N1CCC(N2CCCCC2)CC1. The maximum atomic E-state index is 12.2. The molecular weight excluding hydrogens is 264 g/mol. The lowest BCUT2D eigenvalue weighted by molar-refractivity contribution is -0.161. The summed E-state index contributed by atoms with van der Waals surface area (Å²) in [5.41, 5.74) is -0.391. The monoisotopic (exact) mass is 296 g/mol. The number of piperidine rings is 2. The van der Waals surface area contributed by atoms with Crippen LogP contribution < -0.4 is 0 Å². The van der Waals surface area contributed by atoms with E-state index in [0.717, 1.165) is 19.1 Å². The first-order valence-corrected chi connectivity index (χ1v) is 8.58. The second-order valence-electron chi connectivity index (χ2n) is 7.57. The highest BCUT2D eigenvalue weighted by atomic mass is 16.6. The van der Waals surface area contributed by atoms with E-state index in [-0.39, 0.29) is 12.0 Å². The van der Waals surface area contributed by atoms with Gasteiger partial charge in [-0.1, -0.05) is 6.42 Å². The third kappa shape index (κ3) is 4.96. The molecule has 21 heavy (non-hydrogen) atoms. The minimum atomic E-state index is -0.391. The number of carbonyl (C=O) groups excluding carboxylic acids is 1. The van der Waals surface area contributed by atoms with Crippen LogP contribution in [0.4, 0.5) is 0 Å². The van der Waals surface area contributed by atoms with Crippen LogP contribution in [-0.4, -0.2) is 59.6 Å². The van der Waals surface area contributed by atoms with Crippen LogP contribution in [0.15, 0.2) is 0 Å². The molecule has 1 atom stereocenters. The summed E-state index contributed by atoms with van der Waals surface area (Å²) < 4.78 is 5.50. The molecule has 2 saturated heterocycles. The largest absolute Gasteiger partial charge is 0.459 e. The normalized spacial score (nSPS) is 24.8. The Balaban J connectivity index is 1.78. The summed E-state index contributed by atoms with van der Waals surface area (Å²) in [5, 5.41) is 0. The fourth-order valence-corrected chi connectivity index (χ4v) is 3.46. The van der Waals surface area contributed by atoms with Gasteiger partial charge in [-0.05, 0) is 66.5 Å². The van der Waals surface area contributed by atoms with Crippen LogP contribution in [0.5, 0.6) is 0 Å². The number of likely N-dealkylation sites (tertiary alicyclic amines) is 2. The van der Waals surface area contributed by atoms with Gasteiger partial charge in [0.25, 0.3) is 0 Å². The maximum absolute atomic E-state index is 12.2. The van der Waals surface area contributed by atoms with Gasteiger partial charge in [-0.25, -0.2) is 0 Å². The highest BCUT2D eigenvalue weighted by molar-refractivity contribution is 5.75. The lowest BCUT2D eigenvalue weighted by atomic mass is 9.99. The van der Waals surface area contributed by atoms with E-state index in [9.17, 15) is 4.79 Å². The third-order valence-electron chi connectivity index (χ3n) is 4.70. The van der Waals surface area contributed by atoms with Gasteiger partial charge in [-0.3, -0.25) is 9.69 Å². The van der Waals surface area contributed by atoms with Crippen molar-refractivity contribution in [2.24, 2.45) is 0 Å². The maximum Gasteiger partial charge on any atom is 0.323 e. The molecule has 2 fully saturated rings. The van der Waals surface area contributed by atoms with Crippen molar-refractivity contribution in [2.45, 2.75) is 77.5 Å². The number of nitrogens with zero attached hydrogens (tertiary/aromatic N) is 2. The molecule has 1 unspecified atom stereocenters. The van der Waals surface area contributed by atoms with Crippen LogP contribution in [0.3, 0.4) is 0 Å². The Morgan fingerprint density at radius 3 is 2.14 bits per heavy atom. The second kappa shape index (κ2) is 7.10. The molecule has 0 aliphatic carbocycles. The number of esters is 1. The Bertz CT molecular complexity index is 337. The van der Waals surface area contributed by atoms with Crippen molar-refractivity contribution < 1.29 is 9.53 Å². The quantitative estimate of drug-likeness (QED) is 0.750. The predicted octanol–water partition coefficient (Wildman–Crippen LogP) is 2.67. The topological polar surface area (TPSA) is 32.8 Å². The van der Waals surface area contributed by atoms with E-state index in [1.807, 2.05) is 27.7 Å². The van der Waals surface area contributed by atoms with E-state index in [1.54, 1.807) is 0 Å². The number of ether oxygens (including phenoxy) is 1. The van der Waals surface area contributed by atoms with Crippen LogP contribution in [0.2, 0.25) is 0 Å². The predicted molar refractivity (Wildman–Crippen MR) is 85.3 cm³/mol. The fourth-order valence-electron chi connectivity index (χ4n) is 3.46. The Labute approximate surface area is 129 Å². The molecule has 2 aliphatic rings. The van der Waals surface area contributed by atoms with Crippen molar-refractivity contribution in [3.05, 3.63) is 0 Å². The van der Waals surface area contributed by atoms with Crippen LogP contribution in [0.25, 0.3) is 0 Å². The third-order valence-corrected chi connectivity index (χ3v) is 4.70. The van der Waals surface area contributed by atoms with E-state index < -0.39 is 5.60 Å². The summed E-state index contributed by atoms with van der Waals surface area (Å²) >= 11 is 0. The average molecular weight is 296 g/mol. The minimum Gasteiger partial charge on any atom is -0.459 e. The van der Waals surface area contributed by atoms with Crippen LogP contribution in [0.1, 0.15) is 59.8 Å². The van der Waals surface area contributed by atoms with Crippen LogP contribution in [-0.2, 0) is 9.53 Å². The van der Waals surface area contributed by atoms with Crippen LogP contribution >= 0.6 is 0 Å². The van der Waals surface area contributed by atoms with Gasteiger partial charge in [0.1, 0.15) is 11.6 Å². The number of rotatable bonds is 3. The van der Waals surface area contributed by atoms with Gasteiger partial charge < -0.3 is 9.64 Å². The van der Waals surface area contributed by atoms with E-state index in [2.05, 4.69) is 9.80 Å². The lowest BCUT2D eigenvalue weighted by Gasteiger charge is -2.41. The average Bonchev–Trinajstić information content (AvgIpc) is 2.46. The van der Waals surface area contributed by atoms with Crippen molar-refractivity contribution in [3.8, 4) is 0 Å². The summed E-state index contributed by atoms with van der Waals surface area (Å²) in [4.78, 5) is 17.1. The lowest BCUT2D eigenvalue weighted by Crippen LogP contribution is -2.51. The molecule has 0 aromatic heterocycles. The highest BCUT2D eigenvalue weighted by Gasteiger charge is 2.31. The van der Waals surface area contributed by atoms with Gasteiger partial charge in [-0.15, -0.1) is 0 Å². The standard InChI is InChI=1S/C17H32N2O2/c1-14(16(20)21-17(2,3)4)18-12-8-15(9-13-18)19-10-6-5-7-11-19/h14-15H,5-13H2,1-4H3. The second-order valence-corrected chi connectivity index (χ2v) is 7.57.